The van der Waals surface area contributed by atoms with Crippen LogP contribution in [-0.4, -0.2) is 28.9 Å². The van der Waals surface area contributed by atoms with Crippen LogP contribution in [-0.2, 0) is 0 Å². The lowest BCUT2D eigenvalue weighted by Crippen LogP contribution is -2.39. The molecule has 0 fully saturated rings. The normalized spacial score (nSPS) is 10.6. The summed E-state index contributed by atoms with van der Waals surface area (Å²) in [5, 5.41) is 0. The first-order valence-electron chi connectivity index (χ1n) is 5.81. The molecule has 0 aromatic heterocycles. The molecule has 0 saturated carbocycles. The van der Waals surface area contributed by atoms with Gasteiger partial charge in [-0.2, -0.15) is 0 Å². The van der Waals surface area contributed by atoms with Crippen LogP contribution in [0.5, 0.6) is 0 Å². The van der Waals surface area contributed by atoms with Crippen molar-refractivity contribution in [3.8, 4) is 0 Å². The third kappa shape index (κ3) is 3.46. The number of nitrogens with two attached hydrogens (primary N) is 1. The van der Waals surface area contributed by atoms with Crippen molar-refractivity contribution in [2.24, 2.45) is 5.73 Å². The molecule has 1 aromatic rings. The quantitative estimate of drug-likeness (QED) is 0.391. The molecule has 21 heavy (non-hydrogen) atoms. The van der Waals surface area contributed by atoms with E-state index >= 15 is 0 Å². The molecule has 9 heteroatoms. The number of benzene rings is 1. The van der Waals surface area contributed by atoms with Gasteiger partial charge in [-0.05, 0) is 6.42 Å². The van der Waals surface area contributed by atoms with E-state index in [0.717, 1.165) is 4.90 Å². The average molecular weight is 326 g/mol. The van der Waals surface area contributed by atoms with Gasteiger partial charge < -0.3 is 10.6 Å². The zero-order valence-electron chi connectivity index (χ0n) is 10.9. The van der Waals surface area contributed by atoms with Crippen LogP contribution in [0.2, 0.25) is 0 Å². The van der Waals surface area contributed by atoms with Gasteiger partial charge >= 0.3 is 0 Å². The van der Waals surface area contributed by atoms with Gasteiger partial charge in [-0.1, -0.05) is 19.1 Å². The highest BCUT2D eigenvalue weighted by molar-refractivity contribution is 7.80. The average Bonchev–Trinajstić information content (AvgIpc) is 2.42. The predicted octanol–water partition coefficient (Wildman–Crippen LogP) is 2.52. The number of halogens is 5. The predicted molar refractivity (Wildman–Crippen MR) is 69.2 cm³/mol. The fourth-order valence-electron chi connectivity index (χ4n) is 1.66. The van der Waals surface area contributed by atoms with Gasteiger partial charge in [0.05, 0.1) is 11.5 Å². The van der Waals surface area contributed by atoms with E-state index in [1.807, 2.05) is 0 Å². The Kier molecular flexibility index (Phi) is 5.59. The molecular weight excluding hydrogens is 315 g/mol. The standard InChI is InChI=1S/C12H11F5N2OS/c1-2-3-19(4-5(18)21)12(20)6-7(13)9(15)11(17)10(16)8(6)14/h2-4H2,1H3,(H2,18,21). The minimum Gasteiger partial charge on any atom is -0.392 e. The number of carbonyl (C=O) groups excluding carboxylic acids is 1. The van der Waals surface area contributed by atoms with Crippen molar-refractivity contribution >= 4 is 23.1 Å². The van der Waals surface area contributed by atoms with E-state index in [4.69, 9.17) is 5.73 Å². The Morgan fingerprint density at radius 1 is 1.05 bits per heavy atom. The monoisotopic (exact) mass is 326 g/mol. The second-order valence-electron chi connectivity index (χ2n) is 4.14. The van der Waals surface area contributed by atoms with Crippen LogP contribution in [0.15, 0.2) is 0 Å². The van der Waals surface area contributed by atoms with E-state index in [2.05, 4.69) is 12.2 Å². The number of nitrogens with zero attached hydrogens (tertiary/aromatic N) is 1. The van der Waals surface area contributed by atoms with Crippen molar-refractivity contribution in [3.05, 3.63) is 34.6 Å². The van der Waals surface area contributed by atoms with Crippen LogP contribution in [0.4, 0.5) is 22.0 Å². The van der Waals surface area contributed by atoms with Gasteiger partial charge in [0, 0.05) is 6.54 Å². The number of hydrogen-bond donors (Lipinski definition) is 1. The summed E-state index contributed by atoms with van der Waals surface area (Å²) in [6, 6.07) is 0. The van der Waals surface area contributed by atoms with Gasteiger partial charge in [0.1, 0.15) is 5.56 Å². The molecule has 0 aliphatic rings. The molecule has 0 unspecified atom stereocenters. The van der Waals surface area contributed by atoms with Crippen molar-refractivity contribution in [2.75, 3.05) is 13.1 Å². The molecular formula is C12H11F5N2OS. The molecule has 2 N–H and O–H groups in total. The largest absolute Gasteiger partial charge is 0.392 e. The van der Waals surface area contributed by atoms with Gasteiger partial charge in [0.2, 0.25) is 5.82 Å². The van der Waals surface area contributed by atoms with Crippen LogP contribution in [0.1, 0.15) is 23.7 Å². The fourth-order valence-corrected chi connectivity index (χ4v) is 1.82. The number of carbonyl (C=O) groups is 1. The maximum Gasteiger partial charge on any atom is 0.260 e. The Morgan fingerprint density at radius 2 is 1.48 bits per heavy atom. The Morgan fingerprint density at radius 3 is 1.86 bits per heavy atom. The minimum absolute atomic E-state index is 0.00430. The summed E-state index contributed by atoms with van der Waals surface area (Å²) in [7, 11) is 0. The Labute approximate surface area is 122 Å². The van der Waals surface area contributed by atoms with Crippen molar-refractivity contribution in [3.63, 3.8) is 0 Å². The van der Waals surface area contributed by atoms with E-state index in [1.54, 1.807) is 6.92 Å². The summed E-state index contributed by atoms with van der Waals surface area (Å²) in [5.41, 5.74) is 3.72. The molecule has 0 heterocycles. The summed E-state index contributed by atoms with van der Waals surface area (Å²) >= 11 is 4.58. The molecule has 1 amide bonds. The highest BCUT2D eigenvalue weighted by atomic mass is 32.1. The zero-order valence-corrected chi connectivity index (χ0v) is 11.7. The smallest absolute Gasteiger partial charge is 0.260 e. The first kappa shape index (κ1) is 17.3. The lowest BCUT2D eigenvalue weighted by molar-refractivity contribution is 0.0766. The van der Waals surface area contributed by atoms with Gasteiger partial charge in [0.15, 0.2) is 23.3 Å². The highest BCUT2D eigenvalue weighted by Gasteiger charge is 2.32. The zero-order chi connectivity index (χ0) is 16.3. The molecule has 3 nitrogen and oxygen atoms in total. The topological polar surface area (TPSA) is 46.3 Å². The number of amides is 1. The lowest BCUT2D eigenvalue weighted by Gasteiger charge is -2.22. The molecule has 116 valence electrons. The second-order valence-corrected chi connectivity index (χ2v) is 4.66. The van der Waals surface area contributed by atoms with Crippen LogP contribution in [0.3, 0.4) is 0 Å². The summed E-state index contributed by atoms with van der Waals surface area (Å²) in [5.74, 6) is -12.4. The Hall–Kier alpha value is -1.77. The van der Waals surface area contributed by atoms with Crippen LogP contribution < -0.4 is 5.73 Å². The minimum atomic E-state index is -2.32. The van der Waals surface area contributed by atoms with Gasteiger partial charge in [-0.25, -0.2) is 22.0 Å². The molecule has 1 rings (SSSR count). The molecule has 0 aliphatic heterocycles. The van der Waals surface area contributed by atoms with E-state index in [1.165, 1.54) is 0 Å². The second kappa shape index (κ2) is 6.79. The van der Waals surface area contributed by atoms with E-state index in [0.29, 0.717) is 6.42 Å². The van der Waals surface area contributed by atoms with E-state index < -0.39 is 40.6 Å². The van der Waals surface area contributed by atoms with Crippen LogP contribution in [0.25, 0.3) is 0 Å². The van der Waals surface area contributed by atoms with E-state index in [-0.39, 0.29) is 18.1 Å². The Bertz CT molecular complexity index is 564. The molecule has 1 aromatic carbocycles. The fraction of sp³-hybridized carbons (Fsp3) is 0.333. The highest BCUT2D eigenvalue weighted by Crippen LogP contribution is 2.24. The summed E-state index contributed by atoms with van der Waals surface area (Å²) in [4.78, 5) is 12.7. The Balaban J connectivity index is 3.37. The van der Waals surface area contributed by atoms with Crippen molar-refractivity contribution < 1.29 is 26.7 Å². The van der Waals surface area contributed by atoms with Gasteiger partial charge in [0.25, 0.3) is 5.91 Å². The number of hydrogen-bond acceptors (Lipinski definition) is 2. The third-order valence-corrected chi connectivity index (χ3v) is 2.68. The summed E-state index contributed by atoms with van der Waals surface area (Å²) < 4.78 is 66.2. The maximum absolute atomic E-state index is 13.6. The van der Waals surface area contributed by atoms with Crippen molar-refractivity contribution in [2.45, 2.75) is 13.3 Å². The molecule has 0 saturated heterocycles. The van der Waals surface area contributed by atoms with Crippen LogP contribution in [0, 0.1) is 29.1 Å². The van der Waals surface area contributed by atoms with E-state index in [9.17, 15) is 26.7 Å². The lowest BCUT2D eigenvalue weighted by atomic mass is 10.1. The van der Waals surface area contributed by atoms with Crippen molar-refractivity contribution in [1.29, 1.82) is 0 Å². The number of thiocarbonyl (C=S) groups is 1. The summed E-state index contributed by atoms with van der Waals surface area (Å²) in [6.45, 7) is 1.32. The SMILES string of the molecule is CCCN(CC(N)=S)C(=O)c1c(F)c(F)c(F)c(F)c1F. The number of rotatable bonds is 5. The van der Waals surface area contributed by atoms with Gasteiger partial charge in [-0.15, -0.1) is 0 Å². The van der Waals surface area contributed by atoms with Crippen molar-refractivity contribution in [1.82, 2.24) is 4.90 Å². The summed E-state index contributed by atoms with van der Waals surface area (Å²) in [6.07, 6.45) is 0.379. The molecule has 0 spiro atoms. The first-order chi connectivity index (χ1) is 9.72. The molecule has 0 radical (unpaired) electrons. The molecule has 0 bridgehead atoms. The molecule has 0 atom stereocenters. The third-order valence-electron chi connectivity index (χ3n) is 2.55. The molecule has 0 aliphatic carbocycles. The maximum atomic E-state index is 13.6. The first-order valence-corrected chi connectivity index (χ1v) is 6.22. The van der Waals surface area contributed by atoms with Crippen LogP contribution >= 0.6 is 12.2 Å². The van der Waals surface area contributed by atoms with Gasteiger partial charge in [-0.3, -0.25) is 4.79 Å².